The molecule has 1 aromatic heterocycles. The van der Waals surface area contributed by atoms with E-state index in [9.17, 15) is 14.4 Å². The van der Waals surface area contributed by atoms with Crippen LogP contribution in [0.2, 0.25) is 0 Å². The molecular formula is C22H26N2O3. The van der Waals surface area contributed by atoms with E-state index in [2.05, 4.69) is 0 Å². The van der Waals surface area contributed by atoms with Crippen LogP contribution in [0.4, 0.5) is 0 Å². The maximum absolute atomic E-state index is 13.3. The molecule has 0 radical (unpaired) electrons. The minimum absolute atomic E-state index is 0.00405. The molecule has 0 fully saturated rings. The molecule has 0 N–H and O–H groups in total. The van der Waals surface area contributed by atoms with E-state index in [1.54, 1.807) is 9.47 Å². The Hall–Kier alpha value is -2.69. The molecule has 1 aliphatic rings. The summed E-state index contributed by atoms with van der Waals surface area (Å²) >= 11 is 0. The number of pyridine rings is 1. The van der Waals surface area contributed by atoms with Crippen LogP contribution < -0.4 is 5.56 Å². The molecule has 0 saturated carbocycles. The molecule has 0 saturated heterocycles. The van der Waals surface area contributed by atoms with Crippen molar-refractivity contribution in [2.45, 2.75) is 59.0 Å². The molecule has 5 heteroatoms. The molecule has 142 valence electrons. The number of carbonyl (C=O) groups is 2. The van der Waals surface area contributed by atoms with Crippen molar-refractivity contribution in [2.75, 3.05) is 0 Å². The van der Waals surface area contributed by atoms with Gasteiger partial charge in [0.15, 0.2) is 5.78 Å². The van der Waals surface area contributed by atoms with Gasteiger partial charge in [0, 0.05) is 35.4 Å². The van der Waals surface area contributed by atoms with Crippen LogP contribution in [-0.2, 0) is 6.42 Å². The normalized spacial score (nSPS) is 13.8. The van der Waals surface area contributed by atoms with E-state index < -0.39 is 0 Å². The summed E-state index contributed by atoms with van der Waals surface area (Å²) in [5.74, 6) is -0.327. The Morgan fingerprint density at radius 2 is 1.63 bits per heavy atom. The summed E-state index contributed by atoms with van der Waals surface area (Å²) in [4.78, 5) is 40.8. The summed E-state index contributed by atoms with van der Waals surface area (Å²) in [7, 11) is 0. The zero-order valence-electron chi connectivity index (χ0n) is 16.4. The van der Waals surface area contributed by atoms with Crippen LogP contribution in [0.3, 0.4) is 0 Å². The van der Waals surface area contributed by atoms with Crippen molar-refractivity contribution < 1.29 is 9.59 Å². The minimum Gasteiger partial charge on any atom is -0.334 e. The fourth-order valence-corrected chi connectivity index (χ4v) is 3.90. The van der Waals surface area contributed by atoms with Crippen molar-refractivity contribution >= 4 is 11.7 Å². The van der Waals surface area contributed by atoms with Crippen LogP contribution in [0, 0.1) is 0 Å². The predicted molar refractivity (Wildman–Crippen MR) is 106 cm³/mol. The highest BCUT2D eigenvalue weighted by molar-refractivity contribution is 6.02. The number of Topliss-reactive ketones (excluding diaryl/α,β-unsaturated/α-hetero) is 1. The van der Waals surface area contributed by atoms with Crippen molar-refractivity contribution in [1.29, 1.82) is 0 Å². The zero-order chi connectivity index (χ0) is 19.7. The van der Waals surface area contributed by atoms with E-state index in [0.717, 1.165) is 6.42 Å². The van der Waals surface area contributed by atoms with Crippen LogP contribution >= 0.6 is 0 Å². The lowest BCUT2D eigenvalue weighted by Gasteiger charge is -2.31. The van der Waals surface area contributed by atoms with Gasteiger partial charge < -0.3 is 4.90 Å². The first-order chi connectivity index (χ1) is 12.8. The maximum Gasteiger partial charge on any atom is 0.268 e. The molecule has 5 nitrogen and oxygen atoms in total. The molecule has 1 aromatic carbocycles. The molecule has 1 heterocycles. The lowest BCUT2D eigenvalue weighted by molar-refractivity contribution is 0.0641. The summed E-state index contributed by atoms with van der Waals surface area (Å²) in [5.41, 5.74) is 1.60. The van der Waals surface area contributed by atoms with Crippen molar-refractivity contribution in [1.82, 2.24) is 9.47 Å². The number of carbonyl (C=O) groups excluding carboxylic acids is 2. The van der Waals surface area contributed by atoms with Crippen LogP contribution in [0.25, 0.3) is 5.69 Å². The molecule has 27 heavy (non-hydrogen) atoms. The van der Waals surface area contributed by atoms with Crippen LogP contribution in [-0.4, -0.2) is 33.2 Å². The van der Waals surface area contributed by atoms with Crippen molar-refractivity contribution in [3.05, 3.63) is 63.6 Å². The average molecular weight is 366 g/mol. The Morgan fingerprint density at radius 1 is 1.00 bits per heavy atom. The number of benzene rings is 1. The third kappa shape index (κ3) is 3.46. The lowest BCUT2D eigenvalue weighted by atomic mass is 9.92. The Bertz CT molecular complexity index is 919. The second-order valence-corrected chi connectivity index (χ2v) is 7.57. The van der Waals surface area contributed by atoms with Gasteiger partial charge in [-0.2, -0.15) is 0 Å². The summed E-state index contributed by atoms with van der Waals surface area (Å²) in [6, 6.07) is 10.7. The quantitative estimate of drug-likeness (QED) is 0.830. The van der Waals surface area contributed by atoms with Crippen LogP contribution in [0.5, 0.6) is 0 Å². The van der Waals surface area contributed by atoms with E-state index in [1.165, 1.54) is 6.07 Å². The third-order valence-electron chi connectivity index (χ3n) is 5.01. The Labute approximate surface area is 159 Å². The Balaban J connectivity index is 2.28. The van der Waals surface area contributed by atoms with Crippen molar-refractivity contribution in [2.24, 2.45) is 0 Å². The first-order valence-electron chi connectivity index (χ1n) is 9.53. The number of hydrogen-bond donors (Lipinski definition) is 0. The first kappa shape index (κ1) is 19.1. The molecule has 1 aliphatic carbocycles. The molecule has 0 atom stereocenters. The molecule has 0 aliphatic heterocycles. The summed E-state index contributed by atoms with van der Waals surface area (Å²) in [6.45, 7) is 7.71. The van der Waals surface area contributed by atoms with Gasteiger partial charge in [0.1, 0.15) is 5.56 Å². The van der Waals surface area contributed by atoms with Gasteiger partial charge in [0.05, 0.1) is 0 Å². The van der Waals surface area contributed by atoms with Crippen LogP contribution in [0.1, 0.15) is 66.9 Å². The average Bonchev–Trinajstić information content (AvgIpc) is 2.61. The number of aromatic nitrogens is 1. The molecule has 0 unspecified atom stereocenters. The third-order valence-corrected chi connectivity index (χ3v) is 5.01. The number of rotatable bonds is 4. The number of amides is 1. The molecule has 1 amide bonds. The van der Waals surface area contributed by atoms with Gasteiger partial charge in [0.25, 0.3) is 11.5 Å². The fourth-order valence-electron chi connectivity index (χ4n) is 3.90. The fraction of sp³-hybridized carbons (Fsp3) is 0.409. The molecule has 0 bridgehead atoms. The summed E-state index contributed by atoms with van der Waals surface area (Å²) < 4.78 is 1.55. The number of ketones is 1. The van der Waals surface area contributed by atoms with Crippen LogP contribution in [0.15, 0.2) is 41.2 Å². The predicted octanol–water partition coefficient (Wildman–Crippen LogP) is 3.62. The van der Waals surface area contributed by atoms with Crippen molar-refractivity contribution in [3.63, 3.8) is 0 Å². The van der Waals surface area contributed by atoms with Gasteiger partial charge in [-0.1, -0.05) is 18.2 Å². The van der Waals surface area contributed by atoms with Gasteiger partial charge in [-0.05, 0) is 58.7 Å². The van der Waals surface area contributed by atoms with E-state index in [4.69, 9.17) is 0 Å². The first-order valence-corrected chi connectivity index (χ1v) is 9.53. The highest BCUT2D eigenvalue weighted by Gasteiger charge is 2.29. The van der Waals surface area contributed by atoms with E-state index in [-0.39, 0.29) is 34.9 Å². The number of fused-ring (bicyclic) bond motifs is 1. The maximum atomic E-state index is 13.3. The lowest BCUT2D eigenvalue weighted by Crippen LogP contribution is -2.45. The molecular weight excluding hydrogens is 340 g/mol. The van der Waals surface area contributed by atoms with Gasteiger partial charge >= 0.3 is 0 Å². The number of hydrogen-bond acceptors (Lipinski definition) is 3. The van der Waals surface area contributed by atoms with E-state index in [1.807, 2.05) is 58.0 Å². The SMILES string of the molecule is CC(C)N(C(=O)c1cc2c(n(-c3ccccc3)c1=O)CCCC2=O)C(C)C. The summed E-state index contributed by atoms with van der Waals surface area (Å²) in [6.07, 6.45) is 1.82. The Kier molecular flexibility index (Phi) is 5.31. The monoisotopic (exact) mass is 366 g/mol. The largest absolute Gasteiger partial charge is 0.334 e. The van der Waals surface area contributed by atoms with Gasteiger partial charge in [-0.25, -0.2) is 0 Å². The summed E-state index contributed by atoms with van der Waals surface area (Å²) in [5, 5.41) is 0. The number of nitrogens with zero attached hydrogens (tertiary/aromatic N) is 2. The zero-order valence-corrected chi connectivity index (χ0v) is 16.4. The molecule has 3 rings (SSSR count). The minimum atomic E-state index is -0.356. The van der Waals surface area contributed by atoms with Gasteiger partial charge in [0.2, 0.25) is 0 Å². The number of para-hydroxylation sites is 1. The highest BCUT2D eigenvalue weighted by Crippen LogP contribution is 2.24. The Morgan fingerprint density at radius 3 is 2.22 bits per heavy atom. The highest BCUT2D eigenvalue weighted by atomic mass is 16.2. The topological polar surface area (TPSA) is 59.4 Å². The van der Waals surface area contributed by atoms with Crippen molar-refractivity contribution in [3.8, 4) is 5.69 Å². The second kappa shape index (κ2) is 7.51. The van der Waals surface area contributed by atoms with E-state index in [0.29, 0.717) is 29.8 Å². The van der Waals surface area contributed by atoms with Gasteiger partial charge in [-0.3, -0.25) is 19.0 Å². The van der Waals surface area contributed by atoms with E-state index >= 15 is 0 Å². The second-order valence-electron chi connectivity index (χ2n) is 7.57. The molecule has 0 spiro atoms. The molecule has 2 aromatic rings. The van der Waals surface area contributed by atoms with Gasteiger partial charge in [-0.15, -0.1) is 0 Å². The smallest absolute Gasteiger partial charge is 0.268 e. The standard InChI is InChI=1S/C22H26N2O3/c1-14(2)23(15(3)4)21(26)18-13-17-19(11-8-12-20(17)25)24(22(18)27)16-9-6-5-7-10-16/h5-7,9-10,13-15H,8,11-12H2,1-4H3.